The highest BCUT2D eigenvalue weighted by Crippen LogP contribution is 2.49. The molecule has 5 rings (SSSR count). The van der Waals surface area contributed by atoms with Gasteiger partial charge in [0.15, 0.2) is 0 Å². The minimum atomic E-state index is 0.215. The van der Waals surface area contributed by atoms with Crippen LogP contribution in [0.15, 0.2) is 53.4 Å². The third-order valence-corrected chi connectivity index (χ3v) is 8.46. The van der Waals surface area contributed by atoms with Crippen molar-refractivity contribution < 1.29 is 4.74 Å². The second-order valence-corrected chi connectivity index (χ2v) is 13.0. The first-order valence-corrected chi connectivity index (χ1v) is 14.1. The molecule has 2 atom stereocenters. The lowest BCUT2D eigenvalue weighted by molar-refractivity contribution is 0.0891. The van der Waals surface area contributed by atoms with Crippen LogP contribution in [-0.2, 0) is 0 Å². The van der Waals surface area contributed by atoms with Crippen LogP contribution in [0.3, 0.4) is 0 Å². The van der Waals surface area contributed by atoms with Gasteiger partial charge in [0, 0.05) is 22.4 Å². The number of aryl methyl sites for hydroxylation is 2. The van der Waals surface area contributed by atoms with Gasteiger partial charge in [-0.3, -0.25) is 4.72 Å². The molecular weight excluding hydrogens is 462 g/mol. The van der Waals surface area contributed by atoms with E-state index in [-0.39, 0.29) is 5.41 Å². The first-order valence-electron chi connectivity index (χ1n) is 13.3. The molecule has 2 aromatic carbocycles. The molecule has 4 nitrogen and oxygen atoms in total. The summed E-state index contributed by atoms with van der Waals surface area (Å²) in [7, 11) is 0. The predicted octanol–water partition coefficient (Wildman–Crippen LogP) is 8.45. The normalized spacial score (nSPS) is 23.9. The maximum Gasteiger partial charge on any atom is 0.237 e. The minimum Gasteiger partial charge on any atom is -0.477 e. The maximum atomic E-state index is 6.57. The van der Waals surface area contributed by atoms with Crippen molar-refractivity contribution in [3.63, 3.8) is 0 Å². The molecule has 1 N–H and O–H groups in total. The SMILES string of the molecule is Cc1cccc(C)c1-c1cc2nc(n1)NSc1cccc(c1)C(C1CC(C)C1)C(CC(C)(C)C)CO2. The lowest BCUT2D eigenvalue weighted by Crippen LogP contribution is -2.35. The summed E-state index contributed by atoms with van der Waals surface area (Å²) in [6.07, 6.45) is 3.71. The highest BCUT2D eigenvalue weighted by Gasteiger charge is 2.39. The topological polar surface area (TPSA) is 47.0 Å². The van der Waals surface area contributed by atoms with E-state index in [9.17, 15) is 0 Å². The molecule has 190 valence electrons. The number of rotatable bonds is 3. The van der Waals surface area contributed by atoms with E-state index >= 15 is 0 Å². The number of nitrogens with zero attached hydrogens (tertiary/aromatic N) is 2. The Morgan fingerprint density at radius 2 is 1.72 bits per heavy atom. The fourth-order valence-electron chi connectivity index (χ4n) is 6.24. The van der Waals surface area contributed by atoms with Crippen molar-refractivity contribution in [3.05, 3.63) is 65.2 Å². The van der Waals surface area contributed by atoms with Gasteiger partial charge in [-0.2, -0.15) is 4.98 Å². The van der Waals surface area contributed by atoms with Crippen molar-refractivity contribution in [2.45, 2.75) is 71.6 Å². The number of hydrogen-bond donors (Lipinski definition) is 1. The summed E-state index contributed by atoms with van der Waals surface area (Å²) in [6, 6.07) is 17.5. The summed E-state index contributed by atoms with van der Waals surface area (Å²) in [5.41, 5.74) is 6.12. The van der Waals surface area contributed by atoms with Crippen LogP contribution in [0, 0.1) is 37.0 Å². The molecule has 0 radical (unpaired) electrons. The zero-order valence-corrected chi connectivity index (χ0v) is 23.3. The zero-order valence-electron chi connectivity index (χ0n) is 22.5. The largest absolute Gasteiger partial charge is 0.477 e. The molecule has 2 aliphatic rings. The van der Waals surface area contributed by atoms with Crippen molar-refractivity contribution in [2.75, 3.05) is 11.3 Å². The Bertz CT molecular complexity index is 1210. The third-order valence-electron chi connectivity index (χ3n) is 7.69. The Morgan fingerprint density at radius 3 is 2.42 bits per heavy atom. The van der Waals surface area contributed by atoms with E-state index in [0.717, 1.165) is 23.6 Å². The molecule has 2 unspecified atom stereocenters. The number of benzene rings is 2. The van der Waals surface area contributed by atoms with Crippen molar-refractivity contribution in [1.29, 1.82) is 0 Å². The number of nitrogens with one attached hydrogen (secondary N) is 1. The molecule has 4 bridgehead atoms. The monoisotopic (exact) mass is 501 g/mol. The molecular formula is C31H39N3OS. The van der Waals surface area contributed by atoms with Crippen molar-refractivity contribution in [3.8, 4) is 17.1 Å². The van der Waals surface area contributed by atoms with E-state index in [1.807, 2.05) is 6.07 Å². The Morgan fingerprint density at radius 1 is 1.00 bits per heavy atom. The molecule has 1 aliphatic heterocycles. The van der Waals surface area contributed by atoms with Crippen LogP contribution in [0.5, 0.6) is 5.88 Å². The Balaban J connectivity index is 1.57. The van der Waals surface area contributed by atoms with Crippen LogP contribution in [-0.4, -0.2) is 16.6 Å². The molecule has 1 saturated carbocycles. The molecule has 2 heterocycles. The van der Waals surface area contributed by atoms with Crippen LogP contribution in [0.25, 0.3) is 11.3 Å². The molecule has 3 aromatic rings. The van der Waals surface area contributed by atoms with E-state index in [0.29, 0.717) is 36.2 Å². The maximum absolute atomic E-state index is 6.57. The number of hydrogen-bond acceptors (Lipinski definition) is 5. The van der Waals surface area contributed by atoms with Gasteiger partial charge in [0.1, 0.15) is 0 Å². The first-order chi connectivity index (χ1) is 17.2. The summed E-state index contributed by atoms with van der Waals surface area (Å²) in [6.45, 7) is 14.4. The molecule has 1 aromatic heterocycles. The van der Waals surface area contributed by atoms with Crippen molar-refractivity contribution in [1.82, 2.24) is 9.97 Å². The zero-order chi connectivity index (χ0) is 25.4. The van der Waals surface area contributed by atoms with Gasteiger partial charge >= 0.3 is 0 Å². The van der Waals surface area contributed by atoms with Gasteiger partial charge in [0.2, 0.25) is 11.8 Å². The molecule has 0 spiro atoms. The van der Waals surface area contributed by atoms with E-state index in [2.05, 4.69) is 88.7 Å². The summed E-state index contributed by atoms with van der Waals surface area (Å²) < 4.78 is 9.97. The summed E-state index contributed by atoms with van der Waals surface area (Å²) in [4.78, 5) is 10.9. The van der Waals surface area contributed by atoms with E-state index in [1.165, 1.54) is 34.4 Å². The van der Waals surface area contributed by atoms with Gasteiger partial charge in [0.05, 0.1) is 12.3 Å². The van der Waals surface area contributed by atoms with E-state index < -0.39 is 0 Å². The molecule has 0 saturated heterocycles. The summed E-state index contributed by atoms with van der Waals surface area (Å²) >= 11 is 1.58. The Hall–Kier alpha value is -2.53. The van der Waals surface area contributed by atoms with Crippen LogP contribution in [0.1, 0.15) is 69.6 Å². The molecule has 1 aliphatic carbocycles. The number of aromatic nitrogens is 2. The van der Waals surface area contributed by atoms with Crippen LogP contribution >= 0.6 is 11.9 Å². The van der Waals surface area contributed by atoms with E-state index in [1.54, 1.807) is 11.9 Å². The Labute approximate surface area is 220 Å². The van der Waals surface area contributed by atoms with Crippen LogP contribution in [0.4, 0.5) is 5.95 Å². The lowest BCUT2D eigenvalue weighted by atomic mass is 9.62. The lowest BCUT2D eigenvalue weighted by Gasteiger charge is -2.44. The second-order valence-electron chi connectivity index (χ2n) is 12.2. The standard InChI is InChI=1S/C31H39N3OS/c1-19-13-23(14-19)29-22-11-8-12-25(15-22)36-34-30-32-26(28-20(2)9-7-10-21(28)3)16-27(33-30)35-18-24(29)17-31(4,5)6/h7-12,15-16,19,23-24,29H,13-14,17-18H2,1-6H3,(H,32,33,34). The Kier molecular flexibility index (Phi) is 7.04. The fraction of sp³-hybridized carbons (Fsp3) is 0.484. The van der Waals surface area contributed by atoms with Gasteiger partial charge < -0.3 is 4.74 Å². The van der Waals surface area contributed by atoms with Gasteiger partial charge in [-0.05, 0) is 97.0 Å². The first kappa shape index (κ1) is 25.1. The molecule has 1 fully saturated rings. The highest BCUT2D eigenvalue weighted by molar-refractivity contribution is 8.00. The van der Waals surface area contributed by atoms with Gasteiger partial charge in [-0.15, -0.1) is 0 Å². The van der Waals surface area contributed by atoms with Crippen LogP contribution in [0.2, 0.25) is 0 Å². The van der Waals surface area contributed by atoms with Gasteiger partial charge in [0.25, 0.3) is 0 Å². The smallest absolute Gasteiger partial charge is 0.237 e. The average molecular weight is 502 g/mol. The quantitative estimate of drug-likeness (QED) is 0.365. The van der Waals surface area contributed by atoms with Crippen molar-refractivity contribution >= 4 is 17.9 Å². The van der Waals surface area contributed by atoms with Gasteiger partial charge in [-0.1, -0.05) is 58.0 Å². The molecule has 0 amide bonds. The average Bonchev–Trinajstić information content (AvgIpc) is 2.79. The fourth-order valence-corrected chi connectivity index (χ4v) is 6.88. The number of anilines is 1. The third kappa shape index (κ3) is 5.56. The highest BCUT2D eigenvalue weighted by atomic mass is 32.2. The number of fused-ring (bicyclic) bond motifs is 4. The predicted molar refractivity (Wildman–Crippen MR) is 151 cm³/mol. The summed E-state index contributed by atoms with van der Waals surface area (Å²) in [5.74, 6) is 3.65. The second kappa shape index (κ2) is 10.1. The number of ether oxygens (including phenoxy) is 1. The molecule has 36 heavy (non-hydrogen) atoms. The van der Waals surface area contributed by atoms with Gasteiger partial charge in [-0.25, -0.2) is 4.98 Å². The van der Waals surface area contributed by atoms with E-state index in [4.69, 9.17) is 14.7 Å². The van der Waals surface area contributed by atoms with Crippen molar-refractivity contribution in [2.24, 2.45) is 23.2 Å². The minimum absolute atomic E-state index is 0.215. The van der Waals surface area contributed by atoms with Crippen LogP contribution < -0.4 is 9.46 Å². The summed E-state index contributed by atoms with van der Waals surface area (Å²) in [5, 5.41) is 0. The molecule has 5 heteroatoms.